The highest BCUT2D eigenvalue weighted by Gasteiger charge is 2.14. The molecule has 0 atom stereocenters. The monoisotopic (exact) mass is 505 g/mol. The molecule has 0 saturated heterocycles. The number of anilines is 2. The molecule has 36 heavy (non-hydrogen) atoms. The Hall–Kier alpha value is -4.37. The van der Waals surface area contributed by atoms with Crippen LogP contribution in [0.2, 0.25) is 5.02 Å². The molecule has 2 aromatic carbocycles. The van der Waals surface area contributed by atoms with E-state index >= 15 is 0 Å². The summed E-state index contributed by atoms with van der Waals surface area (Å²) in [6.45, 7) is 2.00. The fourth-order valence-corrected chi connectivity index (χ4v) is 3.59. The second kappa shape index (κ2) is 11.4. The minimum atomic E-state index is -0.467. The second-order valence-electron chi connectivity index (χ2n) is 7.46. The van der Waals surface area contributed by atoms with Gasteiger partial charge in [-0.2, -0.15) is 0 Å². The molecule has 0 aliphatic rings. The van der Waals surface area contributed by atoms with Crippen LogP contribution in [0.5, 0.6) is 23.1 Å². The van der Waals surface area contributed by atoms with E-state index in [-0.39, 0.29) is 0 Å². The Kier molecular flexibility index (Phi) is 7.82. The van der Waals surface area contributed by atoms with Gasteiger partial charge in [-0.15, -0.1) is 0 Å². The van der Waals surface area contributed by atoms with Gasteiger partial charge >= 0.3 is 6.03 Å². The standard InChI is InChI=1S/C26H24ClN5O4/c1-4-24-28-13-11-20(31-24)18-6-5-12-29-25(18)36-17-9-7-16(8-10-17)30-26(33)32-21-14-19(27)22(34-2)15-23(21)35-3/h5-15H,4H2,1-3H3,(H2,30,32,33). The first-order valence-electron chi connectivity index (χ1n) is 11.1. The molecular formula is C26H24ClN5O4. The summed E-state index contributed by atoms with van der Waals surface area (Å²) in [7, 11) is 2.99. The average Bonchev–Trinajstić information content (AvgIpc) is 2.90. The van der Waals surface area contributed by atoms with E-state index in [9.17, 15) is 4.79 Å². The summed E-state index contributed by atoms with van der Waals surface area (Å²) < 4.78 is 16.5. The predicted octanol–water partition coefficient (Wildman–Crippen LogP) is 6.21. The molecule has 0 radical (unpaired) electrons. The number of nitrogens with zero attached hydrogens (tertiary/aromatic N) is 3. The quantitative estimate of drug-likeness (QED) is 0.293. The molecule has 4 aromatic rings. The van der Waals surface area contributed by atoms with Crippen LogP contribution in [0.4, 0.5) is 16.2 Å². The SMILES string of the molecule is CCc1nccc(-c2cccnc2Oc2ccc(NC(=O)Nc3cc(Cl)c(OC)cc3OC)cc2)n1. The normalized spacial score (nSPS) is 10.4. The molecule has 0 aliphatic carbocycles. The van der Waals surface area contributed by atoms with Gasteiger partial charge in [0, 0.05) is 30.6 Å². The van der Waals surface area contributed by atoms with Crippen LogP contribution in [-0.2, 0) is 6.42 Å². The number of ether oxygens (including phenoxy) is 3. The number of amides is 2. The Balaban J connectivity index is 1.45. The van der Waals surface area contributed by atoms with Gasteiger partial charge in [0.05, 0.1) is 36.2 Å². The number of methoxy groups -OCH3 is 2. The molecule has 0 spiro atoms. The largest absolute Gasteiger partial charge is 0.495 e. The zero-order valence-electron chi connectivity index (χ0n) is 19.9. The number of nitrogens with one attached hydrogen (secondary N) is 2. The molecule has 0 saturated carbocycles. The third-order valence-electron chi connectivity index (χ3n) is 5.12. The molecule has 9 nitrogen and oxygen atoms in total. The highest BCUT2D eigenvalue weighted by Crippen LogP contribution is 2.36. The number of aryl methyl sites for hydroxylation is 1. The fourth-order valence-electron chi connectivity index (χ4n) is 3.35. The lowest BCUT2D eigenvalue weighted by Crippen LogP contribution is -2.19. The zero-order valence-corrected chi connectivity index (χ0v) is 20.7. The smallest absolute Gasteiger partial charge is 0.323 e. The van der Waals surface area contributed by atoms with Gasteiger partial charge < -0.3 is 24.8 Å². The first-order valence-corrected chi connectivity index (χ1v) is 11.4. The van der Waals surface area contributed by atoms with Gasteiger partial charge in [-0.05, 0) is 48.5 Å². The van der Waals surface area contributed by atoms with Crippen molar-refractivity contribution in [3.63, 3.8) is 0 Å². The predicted molar refractivity (Wildman–Crippen MR) is 138 cm³/mol. The first-order chi connectivity index (χ1) is 17.5. The molecule has 4 rings (SSSR count). The maximum absolute atomic E-state index is 12.5. The third-order valence-corrected chi connectivity index (χ3v) is 5.41. The maximum Gasteiger partial charge on any atom is 0.323 e. The van der Waals surface area contributed by atoms with Crippen molar-refractivity contribution < 1.29 is 19.0 Å². The number of pyridine rings is 1. The molecule has 2 heterocycles. The van der Waals surface area contributed by atoms with Gasteiger partial charge in [-0.3, -0.25) is 0 Å². The number of rotatable bonds is 8. The second-order valence-corrected chi connectivity index (χ2v) is 7.87. The lowest BCUT2D eigenvalue weighted by Gasteiger charge is -2.14. The van der Waals surface area contributed by atoms with Gasteiger partial charge in [0.25, 0.3) is 0 Å². The maximum atomic E-state index is 12.5. The molecule has 2 amide bonds. The Morgan fingerprint density at radius 3 is 2.44 bits per heavy atom. The summed E-state index contributed by atoms with van der Waals surface area (Å²) in [6, 6.07) is 15.1. The van der Waals surface area contributed by atoms with Gasteiger partial charge in [0.15, 0.2) is 0 Å². The molecule has 2 aromatic heterocycles. The van der Waals surface area contributed by atoms with Crippen LogP contribution >= 0.6 is 11.6 Å². The first kappa shape index (κ1) is 24.7. The Morgan fingerprint density at radius 2 is 1.72 bits per heavy atom. The van der Waals surface area contributed by atoms with Crippen molar-refractivity contribution in [2.75, 3.05) is 24.9 Å². The molecular weight excluding hydrogens is 482 g/mol. The van der Waals surface area contributed by atoms with Crippen LogP contribution in [0.1, 0.15) is 12.7 Å². The third kappa shape index (κ3) is 5.81. The van der Waals surface area contributed by atoms with Crippen molar-refractivity contribution in [1.82, 2.24) is 15.0 Å². The van der Waals surface area contributed by atoms with Crippen LogP contribution in [0.25, 0.3) is 11.3 Å². The number of hydrogen-bond donors (Lipinski definition) is 2. The van der Waals surface area contributed by atoms with E-state index in [2.05, 4.69) is 25.6 Å². The Bertz CT molecular complexity index is 1370. The summed E-state index contributed by atoms with van der Waals surface area (Å²) in [4.78, 5) is 25.7. The van der Waals surface area contributed by atoms with Crippen molar-refractivity contribution in [3.8, 4) is 34.4 Å². The van der Waals surface area contributed by atoms with E-state index in [1.54, 1.807) is 48.8 Å². The number of aromatic nitrogens is 3. The molecule has 0 fully saturated rings. The van der Waals surface area contributed by atoms with Gasteiger partial charge in [-0.1, -0.05) is 18.5 Å². The lowest BCUT2D eigenvalue weighted by molar-refractivity contribution is 0.262. The highest BCUT2D eigenvalue weighted by atomic mass is 35.5. The number of carbonyl (C=O) groups is 1. The summed E-state index contributed by atoms with van der Waals surface area (Å²) >= 11 is 6.17. The Morgan fingerprint density at radius 1 is 0.944 bits per heavy atom. The van der Waals surface area contributed by atoms with Crippen LogP contribution in [0.15, 0.2) is 67.0 Å². The van der Waals surface area contributed by atoms with Crippen molar-refractivity contribution in [2.24, 2.45) is 0 Å². The van der Waals surface area contributed by atoms with Crippen molar-refractivity contribution in [3.05, 3.63) is 77.8 Å². The van der Waals surface area contributed by atoms with E-state index in [0.29, 0.717) is 39.5 Å². The van der Waals surface area contributed by atoms with E-state index in [4.69, 9.17) is 25.8 Å². The van der Waals surface area contributed by atoms with E-state index in [1.165, 1.54) is 14.2 Å². The molecule has 184 valence electrons. The van der Waals surface area contributed by atoms with Gasteiger partial charge in [0.2, 0.25) is 5.88 Å². The molecule has 0 aliphatic heterocycles. The molecule has 0 unspecified atom stereocenters. The molecule has 0 bridgehead atoms. The van der Waals surface area contributed by atoms with Gasteiger partial charge in [-0.25, -0.2) is 19.7 Å². The minimum Gasteiger partial charge on any atom is -0.495 e. The molecule has 10 heteroatoms. The number of benzene rings is 2. The van der Waals surface area contributed by atoms with Crippen LogP contribution in [0.3, 0.4) is 0 Å². The van der Waals surface area contributed by atoms with Crippen LogP contribution in [-0.4, -0.2) is 35.2 Å². The number of urea groups is 1. The van der Waals surface area contributed by atoms with E-state index in [1.807, 2.05) is 25.1 Å². The van der Waals surface area contributed by atoms with Crippen molar-refractivity contribution >= 4 is 29.0 Å². The van der Waals surface area contributed by atoms with Gasteiger partial charge in [0.1, 0.15) is 23.1 Å². The van der Waals surface area contributed by atoms with E-state index < -0.39 is 6.03 Å². The lowest BCUT2D eigenvalue weighted by atomic mass is 10.2. The number of carbonyl (C=O) groups excluding carboxylic acids is 1. The van der Waals surface area contributed by atoms with Crippen LogP contribution < -0.4 is 24.8 Å². The number of halogens is 1. The average molecular weight is 506 g/mol. The zero-order chi connectivity index (χ0) is 25.5. The minimum absolute atomic E-state index is 0.344. The summed E-state index contributed by atoms with van der Waals surface area (Å²) in [5.74, 6) is 2.56. The van der Waals surface area contributed by atoms with Crippen LogP contribution in [0, 0.1) is 0 Å². The topological polar surface area (TPSA) is 107 Å². The number of hydrogen-bond acceptors (Lipinski definition) is 7. The summed E-state index contributed by atoms with van der Waals surface area (Å²) in [5, 5.41) is 5.83. The molecule has 2 N–H and O–H groups in total. The Labute approximate surface area is 213 Å². The summed E-state index contributed by atoms with van der Waals surface area (Å²) in [6.07, 6.45) is 4.10. The highest BCUT2D eigenvalue weighted by molar-refractivity contribution is 6.32. The fraction of sp³-hybridized carbons (Fsp3) is 0.154. The van der Waals surface area contributed by atoms with Crippen molar-refractivity contribution in [2.45, 2.75) is 13.3 Å². The summed E-state index contributed by atoms with van der Waals surface area (Å²) in [5.41, 5.74) is 2.44. The van der Waals surface area contributed by atoms with Crippen molar-refractivity contribution in [1.29, 1.82) is 0 Å². The van der Waals surface area contributed by atoms with E-state index in [0.717, 1.165) is 23.5 Å².